The topological polar surface area (TPSA) is 50.5 Å². The van der Waals surface area contributed by atoms with Crippen molar-refractivity contribution in [1.29, 1.82) is 0 Å². The lowest BCUT2D eigenvalue weighted by atomic mass is 10.1. The predicted octanol–water partition coefficient (Wildman–Crippen LogP) is 1.84. The summed E-state index contributed by atoms with van der Waals surface area (Å²) in [6.07, 6.45) is 2.31. The van der Waals surface area contributed by atoms with E-state index in [-0.39, 0.29) is 12.7 Å². The lowest BCUT2D eigenvalue weighted by Gasteiger charge is -2.31. The van der Waals surface area contributed by atoms with E-state index in [9.17, 15) is 0 Å². The minimum Gasteiger partial charge on any atom is -0.394 e. The van der Waals surface area contributed by atoms with Gasteiger partial charge in [0.05, 0.1) is 35.7 Å². The molecule has 0 unspecified atom stereocenters. The zero-order valence-corrected chi connectivity index (χ0v) is 13.1. The highest BCUT2D eigenvalue weighted by Crippen LogP contribution is 2.23. The number of ether oxygens (including phenoxy) is 1. The molecule has 114 valence electrons. The average molecular weight is 302 g/mol. The fraction of sp³-hybridized carbons (Fsp3) is 0.786. The molecule has 0 atom stereocenters. The van der Waals surface area contributed by atoms with Crippen LogP contribution in [0.5, 0.6) is 0 Å². The summed E-state index contributed by atoms with van der Waals surface area (Å²) in [5, 5.41) is 14.0. The van der Waals surface area contributed by atoms with Crippen LogP contribution in [0.3, 0.4) is 0 Å². The Morgan fingerprint density at radius 2 is 2.10 bits per heavy atom. The molecule has 0 spiro atoms. The van der Waals surface area contributed by atoms with Crippen LogP contribution in [0, 0.1) is 6.92 Å². The fourth-order valence-electron chi connectivity index (χ4n) is 2.69. The summed E-state index contributed by atoms with van der Waals surface area (Å²) in [5.41, 5.74) is 2.02. The highest BCUT2D eigenvalue weighted by molar-refractivity contribution is 6.31. The Kier molecular flexibility index (Phi) is 5.84. The maximum atomic E-state index is 8.77. The second-order valence-electron chi connectivity index (χ2n) is 5.23. The average Bonchev–Trinajstić information content (AvgIpc) is 2.74. The van der Waals surface area contributed by atoms with Crippen molar-refractivity contribution < 1.29 is 9.84 Å². The Hall–Kier alpha value is -0.620. The van der Waals surface area contributed by atoms with E-state index in [1.165, 1.54) is 0 Å². The molecule has 6 heteroatoms. The number of nitrogens with zero attached hydrogens (tertiary/aromatic N) is 3. The minimum absolute atomic E-state index is 0.102. The van der Waals surface area contributed by atoms with E-state index < -0.39 is 0 Å². The first-order chi connectivity index (χ1) is 9.65. The maximum Gasteiger partial charge on any atom is 0.0860 e. The van der Waals surface area contributed by atoms with Crippen LogP contribution in [0.1, 0.15) is 31.2 Å². The number of hydrogen-bond donors (Lipinski definition) is 1. The predicted molar refractivity (Wildman–Crippen MR) is 79.0 cm³/mol. The zero-order chi connectivity index (χ0) is 14.5. The van der Waals surface area contributed by atoms with E-state index >= 15 is 0 Å². The monoisotopic (exact) mass is 301 g/mol. The molecule has 0 bridgehead atoms. The molecule has 2 heterocycles. The molecule has 0 saturated carbocycles. The Bertz CT molecular complexity index is 428. The number of aliphatic hydroxyl groups excluding tert-OH is 1. The number of halogens is 1. The van der Waals surface area contributed by atoms with Gasteiger partial charge in [-0.1, -0.05) is 11.6 Å². The summed E-state index contributed by atoms with van der Waals surface area (Å²) in [6, 6.07) is 0. The van der Waals surface area contributed by atoms with Crippen molar-refractivity contribution >= 4 is 11.6 Å². The van der Waals surface area contributed by atoms with Crippen molar-refractivity contribution in [3.8, 4) is 0 Å². The number of rotatable bonds is 6. The van der Waals surface area contributed by atoms with Gasteiger partial charge in [-0.15, -0.1) is 0 Å². The maximum absolute atomic E-state index is 8.77. The van der Waals surface area contributed by atoms with Crippen LogP contribution in [-0.2, 0) is 17.8 Å². The molecular formula is C14H24ClN3O2. The first-order valence-corrected chi connectivity index (χ1v) is 7.70. The minimum atomic E-state index is 0.102. The van der Waals surface area contributed by atoms with Crippen molar-refractivity contribution in [2.45, 2.75) is 45.9 Å². The van der Waals surface area contributed by atoms with E-state index in [4.69, 9.17) is 21.4 Å². The summed E-state index contributed by atoms with van der Waals surface area (Å²) in [7, 11) is 0. The number of likely N-dealkylation sites (tertiary alicyclic amines) is 1. The molecule has 2 rings (SSSR count). The highest BCUT2D eigenvalue weighted by atomic mass is 35.5. The van der Waals surface area contributed by atoms with Crippen LogP contribution in [-0.4, -0.2) is 52.2 Å². The van der Waals surface area contributed by atoms with Crippen LogP contribution < -0.4 is 0 Å². The number of aromatic nitrogens is 2. The lowest BCUT2D eigenvalue weighted by Crippen LogP contribution is -2.37. The van der Waals surface area contributed by atoms with E-state index in [1.54, 1.807) is 0 Å². The van der Waals surface area contributed by atoms with E-state index in [2.05, 4.69) is 16.9 Å². The van der Waals surface area contributed by atoms with Crippen LogP contribution in [0.25, 0.3) is 0 Å². The number of piperidine rings is 1. The number of aliphatic hydroxyl groups is 1. The standard InChI is InChI=1S/C14H24ClN3O2/c1-3-18-13(14(15)11(2)16-18)10-17-6-4-12(5-7-17)20-9-8-19/h12,19H,3-10H2,1-2H3. The second-order valence-corrected chi connectivity index (χ2v) is 5.61. The van der Waals surface area contributed by atoms with Gasteiger partial charge in [-0.05, 0) is 26.7 Å². The summed E-state index contributed by atoms with van der Waals surface area (Å²) in [5.74, 6) is 0. The molecule has 1 aliphatic heterocycles. The Morgan fingerprint density at radius 3 is 2.70 bits per heavy atom. The third-order valence-corrected chi connectivity index (χ3v) is 4.30. The Labute approximate surface area is 125 Å². The highest BCUT2D eigenvalue weighted by Gasteiger charge is 2.22. The van der Waals surface area contributed by atoms with Crippen molar-refractivity contribution in [2.24, 2.45) is 0 Å². The summed E-state index contributed by atoms with van der Waals surface area (Å²) < 4.78 is 7.58. The molecule has 1 fully saturated rings. The molecule has 5 nitrogen and oxygen atoms in total. The van der Waals surface area contributed by atoms with Gasteiger partial charge in [0.25, 0.3) is 0 Å². The molecule has 1 N–H and O–H groups in total. The van der Waals surface area contributed by atoms with Crippen LogP contribution in [0.2, 0.25) is 5.02 Å². The molecule has 0 radical (unpaired) electrons. The van der Waals surface area contributed by atoms with Gasteiger partial charge in [0.15, 0.2) is 0 Å². The molecular weight excluding hydrogens is 278 g/mol. The van der Waals surface area contributed by atoms with E-state index in [0.29, 0.717) is 6.61 Å². The molecule has 1 aliphatic rings. The third kappa shape index (κ3) is 3.73. The van der Waals surface area contributed by atoms with Gasteiger partial charge in [-0.3, -0.25) is 9.58 Å². The van der Waals surface area contributed by atoms with Gasteiger partial charge in [-0.25, -0.2) is 0 Å². The second kappa shape index (κ2) is 7.41. The molecule has 1 aromatic heterocycles. The van der Waals surface area contributed by atoms with Crippen molar-refractivity contribution in [3.05, 3.63) is 16.4 Å². The molecule has 1 aromatic rings. The molecule has 0 aliphatic carbocycles. The van der Waals surface area contributed by atoms with Crippen LogP contribution >= 0.6 is 11.6 Å². The summed E-state index contributed by atoms with van der Waals surface area (Å²) >= 11 is 6.35. The first kappa shape index (κ1) is 15.8. The zero-order valence-electron chi connectivity index (χ0n) is 12.3. The molecule has 1 saturated heterocycles. The van der Waals surface area contributed by atoms with Gasteiger partial charge in [0.1, 0.15) is 0 Å². The summed E-state index contributed by atoms with van der Waals surface area (Å²) in [6.45, 7) is 8.28. The quantitative estimate of drug-likeness (QED) is 0.871. The Morgan fingerprint density at radius 1 is 1.40 bits per heavy atom. The molecule has 0 amide bonds. The Balaban J connectivity index is 1.89. The van der Waals surface area contributed by atoms with Gasteiger partial charge in [0.2, 0.25) is 0 Å². The van der Waals surface area contributed by atoms with Gasteiger partial charge >= 0.3 is 0 Å². The molecule has 20 heavy (non-hydrogen) atoms. The van der Waals surface area contributed by atoms with Gasteiger partial charge < -0.3 is 9.84 Å². The SMILES string of the molecule is CCn1nc(C)c(Cl)c1CN1CCC(OCCO)CC1. The van der Waals surface area contributed by atoms with Gasteiger partial charge in [-0.2, -0.15) is 5.10 Å². The number of hydrogen-bond acceptors (Lipinski definition) is 4. The van der Waals surface area contributed by atoms with Crippen LogP contribution in [0.4, 0.5) is 0 Å². The van der Waals surface area contributed by atoms with Crippen molar-refractivity contribution in [1.82, 2.24) is 14.7 Å². The van der Waals surface area contributed by atoms with Crippen molar-refractivity contribution in [3.63, 3.8) is 0 Å². The van der Waals surface area contributed by atoms with Crippen molar-refractivity contribution in [2.75, 3.05) is 26.3 Å². The fourth-order valence-corrected chi connectivity index (χ4v) is 2.88. The largest absolute Gasteiger partial charge is 0.394 e. The van der Waals surface area contributed by atoms with Crippen LogP contribution in [0.15, 0.2) is 0 Å². The first-order valence-electron chi connectivity index (χ1n) is 7.32. The lowest BCUT2D eigenvalue weighted by molar-refractivity contribution is -0.00936. The van der Waals surface area contributed by atoms with E-state index in [0.717, 1.165) is 55.4 Å². The normalized spacial score (nSPS) is 17.8. The molecule has 0 aromatic carbocycles. The van der Waals surface area contributed by atoms with E-state index in [1.807, 2.05) is 11.6 Å². The smallest absolute Gasteiger partial charge is 0.0860 e. The number of aryl methyl sites for hydroxylation is 2. The van der Waals surface area contributed by atoms with Gasteiger partial charge in [0, 0.05) is 26.2 Å². The third-order valence-electron chi connectivity index (χ3n) is 3.81. The summed E-state index contributed by atoms with van der Waals surface area (Å²) in [4.78, 5) is 2.40.